The molecule has 0 unspecified atom stereocenters. The van der Waals surface area contributed by atoms with Gasteiger partial charge in [0.2, 0.25) is 0 Å². The van der Waals surface area contributed by atoms with E-state index in [1.165, 1.54) is 4.90 Å². The Morgan fingerprint density at radius 2 is 1.76 bits per heavy atom. The van der Waals surface area contributed by atoms with Gasteiger partial charge in [-0.1, -0.05) is 12.1 Å². The topological polar surface area (TPSA) is 33.5 Å². The van der Waals surface area contributed by atoms with Gasteiger partial charge in [-0.05, 0) is 44.7 Å². The number of hydrogen-bond acceptors (Lipinski definition) is 3. The maximum absolute atomic E-state index is 12.6. The SMILES string of the molecule is CSc1ccc(CN(C)C(=O)c2c(C)oc(C)c2C)cc1. The second-order valence-electron chi connectivity index (χ2n) is 5.22. The van der Waals surface area contributed by atoms with Gasteiger partial charge in [-0.2, -0.15) is 0 Å². The van der Waals surface area contributed by atoms with Gasteiger partial charge in [-0.25, -0.2) is 0 Å². The van der Waals surface area contributed by atoms with Crippen molar-refractivity contribution in [2.24, 2.45) is 0 Å². The van der Waals surface area contributed by atoms with Crippen LogP contribution >= 0.6 is 11.8 Å². The van der Waals surface area contributed by atoms with Crippen LogP contribution in [-0.4, -0.2) is 24.1 Å². The lowest BCUT2D eigenvalue weighted by molar-refractivity contribution is 0.0782. The minimum atomic E-state index is 0.00999. The zero-order chi connectivity index (χ0) is 15.6. The molecule has 0 N–H and O–H groups in total. The second kappa shape index (κ2) is 6.39. The number of nitrogens with zero attached hydrogens (tertiary/aromatic N) is 1. The summed E-state index contributed by atoms with van der Waals surface area (Å²) in [5.41, 5.74) is 2.75. The van der Waals surface area contributed by atoms with Crippen molar-refractivity contribution in [1.29, 1.82) is 0 Å². The van der Waals surface area contributed by atoms with Crippen LogP contribution in [0.25, 0.3) is 0 Å². The molecule has 0 radical (unpaired) electrons. The van der Waals surface area contributed by atoms with Gasteiger partial charge in [0, 0.05) is 24.1 Å². The highest BCUT2D eigenvalue weighted by Crippen LogP contribution is 2.23. The molecular formula is C17H21NO2S. The van der Waals surface area contributed by atoms with E-state index in [0.29, 0.717) is 17.9 Å². The summed E-state index contributed by atoms with van der Waals surface area (Å²) in [6.45, 7) is 6.26. The van der Waals surface area contributed by atoms with Crippen molar-refractivity contribution >= 4 is 17.7 Å². The van der Waals surface area contributed by atoms with Crippen molar-refractivity contribution in [3.8, 4) is 0 Å². The summed E-state index contributed by atoms with van der Waals surface area (Å²) in [7, 11) is 1.83. The molecule has 3 nitrogen and oxygen atoms in total. The molecule has 0 atom stereocenters. The molecule has 4 heteroatoms. The second-order valence-corrected chi connectivity index (χ2v) is 6.10. The lowest BCUT2D eigenvalue weighted by Gasteiger charge is -2.17. The largest absolute Gasteiger partial charge is 0.466 e. The lowest BCUT2D eigenvalue weighted by Crippen LogP contribution is -2.27. The third-order valence-electron chi connectivity index (χ3n) is 3.70. The van der Waals surface area contributed by atoms with Crippen LogP contribution in [-0.2, 0) is 6.54 Å². The maximum atomic E-state index is 12.6. The van der Waals surface area contributed by atoms with E-state index in [4.69, 9.17) is 4.42 Å². The number of benzene rings is 1. The quantitative estimate of drug-likeness (QED) is 0.794. The number of aryl methyl sites for hydroxylation is 2. The standard InChI is InChI=1S/C17H21NO2S/c1-11-12(2)20-13(3)16(11)17(19)18(4)10-14-6-8-15(21-5)9-7-14/h6-9H,10H2,1-5H3. The first kappa shape index (κ1) is 15.7. The number of carbonyl (C=O) groups excluding carboxylic acids is 1. The van der Waals surface area contributed by atoms with Crippen LogP contribution in [0.2, 0.25) is 0 Å². The fourth-order valence-electron chi connectivity index (χ4n) is 2.38. The molecule has 21 heavy (non-hydrogen) atoms. The van der Waals surface area contributed by atoms with E-state index >= 15 is 0 Å². The Morgan fingerprint density at radius 3 is 2.24 bits per heavy atom. The van der Waals surface area contributed by atoms with Crippen molar-refractivity contribution < 1.29 is 9.21 Å². The number of amides is 1. The molecule has 2 aromatic rings. The van der Waals surface area contributed by atoms with Gasteiger partial charge in [-0.15, -0.1) is 11.8 Å². The molecule has 0 fully saturated rings. The fourth-order valence-corrected chi connectivity index (χ4v) is 2.78. The van der Waals surface area contributed by atoms with Crippen LogP contribution < -0.4 is 0 Å². The molecule has 0 aliphatic carbocycles. The highest BCUT2D eigenvalue weighted by atomic mass is 32.2. The van der Waals surface area contributed by atoms with Crippen LogP contribution in [0, 0.1) is 20.8 Å². The number of rotatable bonds is 4. The van der Waals surface area contributed by atoms with Crippen molar-refractivity contribution in [1.82, 2.24) is 4.90 Å². The minimum absolute atomic E-state index is 0.00999. The molecule has 0 aliphatic heterocycles. The summed E-state index contributed by atoms with van der Waals surface area (Å²) in [5, 5.41) is 0. The summed E-state index contributed by atoms with van der Waals surface area (Å²) < 4.78 is 5.55. The molecule has 0 bridgehead atoms. The smallest absolute Gasteiger partial charge is 0.257 e. The molecule has 1 heterocycles. The lowest BCUT2D eigenvalue weighted by atomic mass is 10.1. The fraction of sp³-hybridized carbons (Fsp3) is 0.353. The molecule has 0 saturated carbocycles. The first-order chi connectivity index (χ1) is 9.93. The molecule has 112 valence electrons. The third kappa shape index (κ3) is 3.32. The normalized spacial score (nSPS) is 10.7. The van der Waals surface area contributed by atoms with Gasteiger partial charge >= 0.3 is 0 Å². The van der Waals surface area contributed by atoms with Crippen LogP contribution in [0.3, 0.4) is 0 Å². The third-order valence-corrected chi connectivity index (χ3v) is 4.44. The van der Waals surface area contributed by atoms with E-state index in [1.54, 1.807) is 16.7 Å². The van der Waals surface area contributed by atoms with Gasteiger partial charge in [0.05, 0.1) is 5.56 Å². The van der Waals surface area contributed by atoms with Gasteiger partial charge in [0.15, 0.2) is 0 Å². The summed E-state index contributed by atoms with van der Waals surface area (Å²) >= 11 is 1.71. The van der Waals surface area contributed by atoms with E-state index < -0.39 is 0 Å². The predicted molar refractivity (Wildman–Crippen MR) is 86.9 cm³/mol. The first-order valence-electron chi connectivity index (χ1n) is 6.89. The maximum Gasteiger partial charge on any atom is 0.257 e. The Hall–Kier alpha value is -1.68. The molecule has 0 saturated heterocycles. The van der Waals surface area contributed by atoms with Gasteiger partial charge in [0.1, 0.15) is 11.5 Å². The molecule has 0 spiro atoms. The zero-order valence-corrected chi connectivity index (χ0v) is 14.0. The minimum Gasteiger partial charge on any atom is -0.466 e. The van der Waals surface area contributed by atoms with E-state index in [1.807, 2.05) is 27.8 Å². The monoisotopic (exact) mass is 303 g/mol. The average molecular weight is 303 g/mol. The number of thioether (sulfide) groups is 1. The van der Waals surface area contributed by atoms with E-state index in [2.05, 4.69) is 30.5 Å². The molecule has 1 aromatic heterocycles. The number of hydrogen-bond donors (Lipinski definition) is 0. The Morgan fingerprint density at radius 1 is 1.14 bits per heavy atom. The Balaban J connectivity index is 2.15. The summed E-state index contributed by atoms with van der Waals surface area (Å²) in [6.07, 6.45) is 2.05. The number of carbonyl (C=O) groups is 1. The van der Waals surface area contributed by atoms with Crippen molar-refractivity contribution in [2.75, 3.05) is 13.3 Å². The average Bonchev–Trinajstić information content (AvgIpc) is 2.72. The van der Waals surface area contributed by atoms with Crippen LogP contribution in [0.5, 0.6) is 0 Å². The van der Waals surface area contributed by atoms with Crippen molar-refractivity contribution in [3.05, 3.63) is 52.5 Å². The Bertz CT molecular complexity index is 644. The molecule has 1 amide bonds. The van der Waals surface area contributed by atoms with Gasteiger partial charge in [-0.3, -0.25) is 4.79 Å². The van der Waals surface area contributed by atoms with E-state index in [0.717, 1.165) is 16.9 Å². The van der Waals surface area contributed by atoms with Crippen LogP contribution in [0.4, 0.5) is 0 Å². The first-order valence-corrected chi connectivity index (χ1v) is 8.11. The van der Waals surface area contributed by atoms with Gasteiger partial charge < -0.3 is 9.32 Å². The summed E-state index contributed by atoms with van der Waals surface area (Å²) in [5.74, 6) is 1.52. The van der Waals surface area contributed by atoms with Crippen LogP contribution in [0.15, 0.2) is 33.6 Å². The van der Waals surface area contributed by atoms with E-state index in [9.17, 15) is 4.79 Å². The molecule has 2 rings (SSSR count). The predicted octanol–water partition coefficient (Wildman–Crippen LogP) is 4.20. The van der Waals surface area contributed by atoms with Crippen molar-refractivity contribution in [3.63, 3.8) is 0 Å². The highest BCUT2D eigenvalue weighted by Gasteiger charge is 2.21. The summed E-state index contributed by atoms with van der Waals surface area (Å²) in [6, 6.07) is 8.29. The molecular weight excluding hydrogens is 282 g/mol. The molecule has 1 aromatic carbocycles. The highest BCUT2D eigenvalue weighted by molar-refractivity contribution is 7.98. The van der Waals surface area contributed by atoms with E-state index in [-0.39, 0.29) is 5.91 Å². The number of furan rings is 1. The molecule has 0 aliphatic rings. The Kier molecular flexibility index (Phi) is 4.78. The van der Waals surface area contributed by atoms with Crippen molar-refractivity contribution in [2.45, 2.75) is 32.2 Å². The van der Waals surface area contributed by atoms with Gasteiger partial charge in [0.25, 0.3) is 5.91 Å². The summed E-state index contributed by atoms with van der Waals surface area (Å²) in [4.78, 5) is 15.6. The Labute approximate surface area is 130 Å². The zero-order valence-electron chi connectivity index (χ0n) is 13.2. The van der Waals surface area contributed by atoms with Crippen LogP contribution in [0.1, 0.15) is 33.0 Å².